The molecule has 0 bridgehead atoms. The summed E-state index contributed by atoms with van der Waals surface area (Å²) in [7, 11) is 1.91. The van der Waals surface area contributed by atoms with Gasteiger partial charge in [-0.3, -0.25) is 4.68 Å². The molecule has 0 aliphatic rings. The second kappa shape index (κ2) is 7.43. The molecular formula is C19H24N6O. The highest BCUT2D eigenvalue weighted by molar-refractivity contribution is 5.91. The van der Waals surface area contributed by atoms with E-state index in [4.69, 9.17) is 0 Å². The fourth-order valence-corrected chi connectivity index (χ4v) is 3.06. The van der Waals surface area contributed by atoms with Crippen LogP contribution < -0.4 is 10.6 Å². The van der Waals surface area contributed by atoms with Crippen molar-refractivity contribution in [1.82, 2.24) is 24.6 Å². The van der Waals surface area contributed by atoms with Gasteiger partial charge in [0.15, 0.2) is 0 Å². The first-order valence-corrected chi connectivity index (χ1v) is 8.65. The van der Waals surface area contributed by atoms with Crippen molar-refractivity contribution in [2.24, 2.45) is 7.05 Å². The SMILES string of the molecule is CCn1nc(C)c(NC(=O)N[C@@H](c2ccccc2)c2nccn2C)c1C. The van der Waals surface area contributed by atoms with Gasteiger partial charge in [0.05, 0.1) is 17.1 Å². The van der Waals surface area contributed by atoms with Gasteiger partial charge in [-0.1, -0.05) is 30.3 Å². The van der Waals surface area contributed by atoms with Crippen LogP contribution in [0.5, 0.6) is 0 Å². The molecule has 0 fully saturated rings. The van der Waals surface area contributed by atoms with E-state index < -0.39 is 0 Å². The highest BCUT2D eigenvalue weighted by Gasteiger charge is 2.22. The standard InChI is InChI=1S/C19H24N6O/c1-5-25-14(3)16(13(2)23-25)21-19(26)22-17(15-9-7-6-8-10-15)18-20-11-12-24(18)4/h6-12,17H,5H2,1-4H3,(H2,21,22,26)/t17-/m0/s1. The van der Waals surface area contributed by atoms with Crippen molar-refractivity contribution in [3.63, 3.8) is 0 Å². The van der Waals surface area contributed by atoms with Crippen LogP contribution in [0.2, 0.25) is 0 Å². The first-order valence-electron chi connectivity index (χ1n) is 8.65. The molecule has 3 aromatic rings. The summed E-state index contributed by atoms with van der Waals surface area (Å²) in [5.41, 5.74) is 3.45. The number of amides is 2. The quantitative estimate of drug-likeness (QED) is 0.740. The Labute approximate surface area is 153 Å². The van der Waals surface area contributed by atoms with Gasteiger partial charge in [0.1, 0.15) is 11.9 Å². The maximum absolute atomic E-state index is 12.7. The largest absolute Gasteiger partial charge is 0.336 e. The average Bonchev–Trinajstić information content (AvgIpc) is 3.18. The zero-order valence-electron chi connectivity index (χ0n) is 15.5. The molecule has 0 radical (unpaired) electrons. The highest BCUT2D eigenvalue weighted by Crippen LogP contribution is 2.22. The Morgan fingerprint density at radius 1 is 1.23 bits per heavy atom. The van der Waals surface area contributed by atoms with Crippen molar-refractivity contribution in [3.8, 4) is 0 Å². The van der Waals surface area contributed by atoms with Gasteiger partial charge in [0.2, 0.25) is 0 Å². The molecule has 2 aromatic heterocycles. The van der Waals surface area contributed by atoms with Crippen LogP contribution in [0.3, 0.4) is 0 Å². The number of nitrogens with zero attached hydrogens (tertiary/aromatic N) is 4. The first-order chi connectivity index (χ1) is 12.5. The monoisotopic (exact) mass is 352 g/mol. The zero-order chi connectivity index (χ0) is 18.7. The van der Waals surface area contributed by atoms with Crippen LogP contribution in [-0.4, -0.2) is 25.4 Å². The second-order valence-corrected chi connectivity index (χ2v) is 6.20. The number of hydrogen-bond acceptors (Lipinski definition) is 3. The molecule has 0 saturated carbocycles. The number of anilines is 1. The fraction of sp³-hybridized carbons (Fsp3) is 0.316. The van der Waals surface area contributed by atoms with Gasteiger partial charge in [-0.15, -0.1) is 0 Å². The van der Waals surface area contributed by atoms with Crippen molar-refractivity contribution in [2.45, 2.75) is 33.4 Å². The number of aromatic nitrogens is 4. The number of urea groups is 1. The normalized spacial score (nSPS) is 12.0. The third kappa shape index (κ3) is 3.46. The van der Waals surface area contributed by atoms with Gasteiger partial charge in [-0.05, 0) is 26.3 Å². The van der Waals surface area contributed by atoms with E-state index in [1.807, 2.05) is 73.6 Å². The molecule has 136 valence electrons. The molecule has 0 unspecified atom stereocenters. The predicted molar refractivity (Wildman–Crippen MR) is 101 cm³/mol. The van der Waals surface area contributed by atoms with E-state index in [1.165, 1.54) is 0 Å². The number of rotatable bonds is 5. The third-order valence-electron chi connectivity index (χ3n) is 4.44. The molecule has 2 amide bonds. The van der Waals surface area contributed by atoms with Crippen molar-refractivity contribution < 1.29 is 4.79 Å². The smallest absolute Gasteiger partial charge is 0.320 e. The Kier molecular flexibility index (Phi) is 5.06. The van der Waals surface area contributed by atoms with Crippen LogP contribution in [0.1, 0.15) is 35.7 Å². The van der Waals surface area contributed by atoms with E-state index in [0.717, 1.165) is 35.0 Å². The molecule has 0 saturated heterocycles. The van der Waals surface area contributed by atoms with Gasteiger partial charge in [0.25, 0.3) is 0 Å². The summed E-state index contributed by atoms with van der Waals surface area (Å²) >= 11 is 0. The van der Waals surface area contributed by atoms with Gasteiger partial charge in [-0.2, -0.15) is 5.10 Å². The van der Waals surface area contributed by atoms with E-state index in [9.17, 15) is 4.79 Å². The van der Waals surface area contributed by atoms with Crippen LogP contribution in [0.25, 0.3) is 0 Å². The first kappa shape index (κ1) is 17.7. The average molecular weight is 352 g/mol. The Morgan fingerprint density at radius 3 is 2.54 bits per heavy atom. The number of aryl methyl sites for hydroxylation is 3. The molecule has 0 spiro atoms. The summed E-state index contributed by atoms with van der Waals surface area (Å²) in [5, 5.41) is 10.4. The molecule has 1 aromatic carbocycles. The topological polar surface area (TPSA) is 76.8 Å². The fourth-order valence-electron chi connectivity index (χ4n) is 3.06. The Bertz CT molecular complexity index is 896. The lowest BCUT2D eigenvalue weighted by Crippen LogP contribution is -2.34. The van der Waals surface area contributed by atoms with Crippen LogP contribution in [0, 0.1) is 13.8 Å². The molecule has 3 rings (SSSR count). The lowest BCUT2D eigenvalue weighted by atomic mass is 10.1. The molecule has 7 heteroatoms. The molecule has 26 heavy (non-hydrogen) atoms. The highest BCUT2D eigenvalue weighted by atomic mass is 16.2. The van der Waals surface area contributed by atoms with Gasteiger partial charge < -0.3 is 15.2 Å². The number of hydrogen-bond donors (Lipinski definition) is 2. The van der Waals surface area contributed by atoms with Gasteiger partial charge >= 0.3 is 6.03 Å². The van der Waals surface area contributed by atoms with E-state index in [0.29, 0.717) is 0 Å². The minimum atomic E-state index is -0.349. The van der Waals surface area contributed by atoms with E-state index in [-0.39, 0.29) is 12.1 Å². The van der Waals surface area contributed by atoms with E-state index in [1.54, 1.807) is 6.20 Å². The van der Waals surface area contributed by atoms with Crippen LogP contribution in [-0.2, 0) is 13.6 Å². The number of carbonyl (C=O) groups is 1. The molecule has 2 N–H and O–H groups in total. The summed E-state index contributed by atoms with van der Waals surface area (Å²) < 4.78 is 3.78. The van der Waals surface area contributed by atoms with Crippen molar-refractivity contribution >= 4 is 11.7 Å². The number of benzene rings is 1. The summed E-state index contributed by atoms with van der Waals surface area (Å²) in [5.74, 6) is 0.768. The number of imidazole rings is 1. The molecule has 0 aliphatic heterocycles. The lowest BCUT2D eigenvalue weighted by Gasteiger charge is -2.19. The Hall–Kier alpha value is -3.09. The molecular weight excluding hydrogens is 328 g/mol. The Balaban J connectivity index is 1.85. The third-order valence-corrected chi connectivity index (χ3v) is 4.44. The molecule has 1 atom stereocenters. The van der Waals surface area contributed by atoms with E-state index in [2.05, 4.69) is 20.7 Å². The summed E-state index contributed by atoms with van der Waals surface area (Å²) in [4.78, 5) is 17.1. The van der Waals surface area contributed by atoms with E-state index >= 15 is 0 Å². The molecule has 2 heterocycles. The molecule has 7 nitrogen and oxygen atoms in total. The summed E-state index contributed by atoms with van der Waals surface area (Å²) in [6, 6.07) is 9.16. The second-order valence-electron chi connectivity index (χ2n) is 6.20. The lowest BCUT2D eigenvalue weighted by molar-refractivity contribution is 0.249. The predicted octanol–water partition coefficient (Wildman–Crippen LogP) is 3.16. The minimum absolute atomic E-state index is 0.288. The Morgan fingerprint density at radius 2 is 1.96 bits per heavy atom. The van der Waals surface area contributed by atoms with Crippen molar-refractivity contribution in [2.75, 3.05) is 5.32 Å². The van der Waals surface area contributed by atoms with Gasteiger partial charge in [-0.25, -0.2) is 9.78 Å². The summed E-state index contributed by atoms with van der Waals surface area (Å²) in [6.07, 6.45) is 3.59. The van der Waals surface area contributed by atoms with Gasteiger partial charge in [0, 0.05) is 26.0 Å². The van der Waals surface area contributed by atoms with Crippen molar-refractivity contribution in [3.05, 3.63) is 65.5 Å². The summed E-state index contributed by atoms with van der Waals surface area (Å²) in [6.45, 7) is 6.63. The zero-order valence-corrected chi connectivity index (χ0v) is 15.5. The van der Waals surface area contributed by atoms with Crippen LogP contribution >= 0.6 is 0 Å². The maximum Gasteiger partial charge on any atom is 0.320 e. The van der Waals surface area contributed by atoms with Crippen molar-refractivity contribution in [1.29, 1.82) is 0 Å². The van der Waals surface area contributed by atoms with Crippen LogP contribution in [0.15, 0.2) is 42.7 Å². The minimum Gasteiger partial charge on any atom is -0.336 e. The number of nitrogens with one attached hydrogen (secondary N) is 2. The van der Waals surface area contributed by atoms with Crippen LogP contribution in [0.4, 0.5) is 10.5 Å². The number of carbonyl (C=O) groups excluding carboxylic acids is 1. The maximum atomic E-state index is 12.7. The molecule has 0 aliphatic carbocycles.